The van der Waals surface area contributed by atoms with Crippen LogP contribution in [0.1, 0.15) is 51.7 Å². The molecule has 0 saturated heterocycles. The molecule has 0 bridgehead atoms. The van der Waals surface area contributed by atoms with Crippen molar-refractivity contribution in [2.24, 2.45) is 0 Å². The zero-order valence-corrected chi connectivity index (χ0v) is 14.4. The molecule has 120 valence electrons. The fraction of sp³-hybridized carbons (Fsp3) is 0.588. The van der Waals surface area contributed by atoms with E-state index in [4.69, 9.17) is 4.74 Å². The van der Waals surface area contributed by atoms with E-state index in [1.54, 1.807) is 6.92 Å². The summed E-state index contributed by atoms with van der Waals surface area (Å²) in [4.78, 5) is 12.9. The topological polar surface area (TPSA) is 30.7 Å². The quantitative estimate of drug-likeness (QED) is 0.525. The smallest absolute Gasteiger partial charge is 0.315 e. The van der Waals surface area contributed by atoms with Gasteiger partial charge < -0.3 is 17.1 Å². The van der Waals surface area contributed by atoms with E-state index in [1.165, 1.54) is 11.1 Å². The number of amides is 1. The van der Waals surface area contributed by atoms with Crippen LogP contribution in [0.25, 0.3) is 0 Å². The van der Waals surface area contributed by atoms with Crippen molar-refractivity contribution in [3.8, 4) is 0 Å². The molecule has 1 aromatic carbocycles. The molecule has 0 aliphatic rings. The Morgan fingerprint density at radius 3 is 2.14 bits per heavy atom. The molecule has 1 unspecified atom stereocenters. The van der Waals surface area contributed by atoms with Crippen molar-refractivity contribution in [1.29, 1.82) is 0 Å². The highest BCUT2D eigenvalue weighted by Crippen LogP contribution is 2.18. The third-order valence-corrected chi connectivity index (χ3v) is 3.61. The molecule has 21 heavy (non-hydrogen) atoms. The summed E-state index contributed by atoms with van der Waals surface area (Å²) in [6, 6.07) is 6.31. The fourth-order valence-electron chi connectivity index (χ4n) is 2.40. The molecule has 0 spiro atoms. The number of quaternary nitrogens is 1. The molecule has 1 atom stereocenters. The lowest BCUT2D eigenvalue weighted by atomic mass is 10.0. The van der Waals surface area contributed by atoms with Crippen LogP contribution in [0.2, 0.25) is 0 Å². The molecular weight excluding hydrogens is 286 g/mol. The summed E-state index contributed by atoms with van der Waals surface area (Å²) in [5, 5.41) is 0. The van der Waals surface area contributed by atoms with Gasteiger partial charge in [-0.15, -0.1) is 0 Å². The van der Waals surface area contributed by atoms with E-state index in [9.17, 15) is 4.79 Å². The van der Waals surface area contributed by atoms with E-state index < -0.39 is 0 Å². The Hall–Kier alpha value is -0.900. The first-order valence-corrected chi connectivity index (χ1v) is 7.71. The van der Waals surface area contributed by atoms with Crippen LogP contribution in [0.5, 0.6) is 0 Å². The van der Waals surface area contributed by atoms with E-state index in [-0.39, 0.29) is 18.3 Å². The van der Waals surface area contributed by atoms with Gasteiger partial charge in [0.05, 0.1) is 13.5 Å². The van der Waals surface area contributed by atoms with Gasteiger partial charge in [0.15, 0.2) is 6.73 Å². The Morgan fingerprint density at radius 2 is 1.71 bits per heavy atom. The molecule has 0 aliphatic carbocycles. The zero-order chi connectivity index (χ0) is 15.0. The summed E-state index contributed by atoms with van der Waals surface area (Å²) < 4.78 is 5.69. The highest BCUT2D eigenvalue weighted by atomic mass is 35.5. The van der Waals surface area contributed by atoms with Crippen LogP contribution >= 0.6 is 0 Å². The molecule has 4 heteroatoms. The Bertz CT molecular complexity index is 413. The van der Waals surface area contributed by atoms with Gasteiger partial charge in [0.2, 0.25) is 0 Å². The monoisotopic (exact) mass is 313 g/mol. The van der Waals surface area contributed by atoms with Crippen LogP contribution < -0.4 is 17.3 Å². The van der Waals surface area contributed by atoms with Gasteiger partial charge in [0.25, 0.3) is 0 Å². The molecule has 0 radical (unpaired) electrons. The largest absolute Gasteiger partial charge is 1.00 e. The average molecular weight is 314 g/mol. The first kappa shape index (κ1) is 20.1. The molecule has 1 N–H and O–H groups in total. The van der Waals surface area contributed by atoms with Gasteiger partial charge in [-0.2, -0.15) is 0 Å². The molecular formula is C17H28ClNO2. The van der Waals surface area contributed by atoms with Crippen LogP contribution in [0.3, 0.4) is 0 Å². The third kappa shape index (κ3) is 5.77. The van der Waals surface area contributed by atoms with Gasteiger partial charge in [0, 0.05) is 11.1 Å². The van der Waals surface area contributed by atoms with Gasteiger partial charge in [-0.05, 0) is 19.3 Å². The highest BCUT2D eigenvalue weighted by Gasteiger charge is 2.23. The molecule has 1 aromatic rings. The van der Waals surface area contributed by atoms with Crippen LogP contribution in [0.4, 0.5) is 5.69 Å². The van der Waals surface area contributed by atoms with Crippen LogP contribution in [-0.2, 0) is 22.4 Å². The predicted octanol–water partition coefficient (Wildman–Crippen LogP) is -0.347. The summed E-state index contributed by atoms with van der Waals surface area (Å²) in [5.41, 5.74) is 3.61. The highest BCUT2D eigenvalue weighted by molar-refractivity contribution is 5.68. The standard InChI is InChI=1S/C17H27NO2.ClH/c1-5-8-12-20-13-18(14(4)19)17-15(6-2)10-9-11-16(17)7-3;/h9-11H,5-8,12-13H2,1-4H3;1H. The minimum atomic E-state index is 0. The van der Waals surface area contributed by atoms with Gasteiger partial charge in [0.1, 0.15) is 5.69 Å². The second-order valence-electron chi connectivity index (χ2n) is 5.10. The van der Waals surface area contributed by atoms with E-state index in [0.717, 1.165) is 42.9 Å². The molecule has 1 rings (SSSR count). The number of unbranched alkanes of at least 4 members (excludes halogenated alkanes) is 1. The van der Waals surface area contributed by atoms with Crippen LogP contribution in [0, 0.1) is 0 Å². The summed E-state index contributed by atoms with van der Waals surface area (Å²) >= 11 is 0. The first-order chi connectivity index (χ1) is 9.65. The van der Waals surface area contributed by atoms with E-state index in [2.05, 4.69) is 39.0 Å². The van der Waals surface area contributed by atoms with Crippen LogP contribution in [-0.4, -0.2) is 19.2 Å². The number of aryl methyl sites for hydroxylation is 2. The summed E-state index contributed by atoms with van der Waals surface area (Å²) in [7, 11) is 0. The number of rotatable bonds is 8. The number of hydrogen-bond donors (Lipinski definition) is 1. The third-order valence-electron chi connectivity index (χ3n) is 3.61. The lowest BCUT2D eigenvalue weighted by molar-refractivity contribution is -0.776. The summed E-state index contributed by atoms with van der Waals surface area (Å²) in [6.45, 7) is 9.20. The minimum Gasteiger partial charge on any atom is -1.00 e. The Balaban J connectivity index is 0.00000400. The Labute approximate surface area is 135 Å². The van der Waals surface area contributed by atoms with Crippen molar-refractivity contribution in [3.05, 3.63) is 29.3 Å². The minimum absolute atomic E-state index is 0. The molecule has 0 aromatic heterocycles. The zero-order valence-electron chi connectivity index (χ0n) is 13.7. The van der Waals surface area contributed by atoms with Crippen molar-refractivity contribution in [3.63, 3.8) is 0 Å². The molecule has 3 nitrogen and oxygen atoms in total. The summed E-state index contributed by atoms with van der Waals surface area (Å²) in [5.74, 6) is 0.122. The Morgan fingerprint density at radius 1 is 1.14 bits per heavy atom. The number of benzene rings is 1. The number of halogens is 1. The molecule has 0 aliphatic heterocycles. The number of carbonyl (C=O) groups is 1. The van der Waals surface area contributed by atoms with E-state index >= 15 is 0 Å². The Kier molecular flexibility index (Phi) is 10.3. The average Bonchev–Trinajstić information content (AvgIpc) is 2.46. The maximum absolute atomic E-state index is 12.0. The van der Waals surface area contributed by atoms with Gasteiger partial charge in [-0.3, -0.25) is 0 Å². The van der Waals surface area contributed by atoms with E-state index in [1.807, 2.05) is 0 Å². The maximum atomic E-state index is 12.0. The van der Waals surface area contributed by atoms with Crippen molar-refractivity contribution < 1.29 is 26.8 Å². The normalized spacial score (nSPS) is 11.8. The number of ether oxygens (including phenoxy) is 1. The second kappa shape index (κ2) is 10.8. The van der Waals surface area contributed by atoms with Crippen molar-refractivity contribution in [2.75, 3.05) is 13.3 Å². The molecule has 0 saturated carbocycles. The number of nitrogens with one attached hydrogen (secondary N) is 1. The van der Waals surface area contributed by atoms with Crippen molar-refractivity contribution >= 4 is 11.6 Å². The van der Waals surface area contributed by atoms with Crippen molar-refractivity contribution in [2.45, 2.75) is 53.4 Å². The number of hydrogen-bond acceptors (Lipinski definition) is 2. The maximum Gasteiger partial charge on any atom is 0.315 e. The van der Waals surface area contributed by atoms with E-state index in [0.29, 0.717) is 6.73 Å². The van der Waals surface area contributed by atoms with Gasteiger partial charge >= 0.3 is 5.91 Å². The molecule has 1 amide bonds. The predicted molar refractivity (Wildman–Crippen MR) is 82.2 cm³/mol. The first-order valence-electron chi connectivity index (χ1n) is 7.71. The fourth-order valence-corrected chi connectivity index (χ4v) is 2.40. The number of carbonyl (C=O) groups excluding carboxylic acids is 1. The van der Waals surface area contributed by atoms with Gasteiger partial charge in [-0.25, -0.2) is 9.69 Å². The van der Waals surface area contributed by atoms with Gasteiger partial charge in [-0.1, -0.05) is 45.4 Å². The van der Waals surface area contributed by atoms with Crippen LogP contribution in [0.15, 0.2) is 18.2 Å². The lowest BCUT2D eigenvalue weighted by Crippen LogP contribution is -3.10. The number of para-hydroxylation sites is 1. The lowest BCUT2D eigenvalue weighted by Gasteiger charge is -2.20. The van der Waals surface area contributed by atoms with Crippen molar-refractivity contribution in [1.82, 2.24) is 0 Å². The molecule has 0 fully saturated rings. The summed E-state index contributed by atoms with van der Waals surface area (Å²) in [6.07, 6.45) is 4.03. The SMILES string of the molecule is CCCCOC[NH+](C(C)=O)c1c(CC)cccc1CC.[Cl-]. The second-order valence-corrected chi connectivity index (χ2v) is 5.10. The molecule has 0 heterocycles.